The molecule has 1 aromatic heterocycles. The van der Waals surface area contributed by atoms with Crippen LogP contribution in [-0.4, -0.2) is 9.55 Å². The van der Waals surface area contributed by atoms with Crippen LogP contribution in [0.25, 0.3) is 11.0 Å². The molecule has 2 aromatic carbocycles. The van der Waals surface area contributed by atoms with Crippen molar-refractivity contribution in [3.05, 3.63) is 64.4 Å². The van der Waals surface area contributed by atoms with E-state index in [1.165, 1.54) is 16.6 Å². The van der Waals surface area contributed by atoms with Gasteiger partial charge in [0.1, 0.15) is 0 Å². The lowest BCUT2D eigenvalue weighted by Gasteiger charge is -2.05. The fourth-order valence-corrected chi connectivity index (χ4v) is 2.51. The van der Waals surface area contributed by atoms with E-state index < -0.39 is 0 Å². The summed E-state index contributed by atoms with van der Waals surface area (Å²) in [5, 5.41) is 0. The third kappa shape index (κ3) is 1.87. The maximum absolute atomic E-state index is 5.42. The Hall–Kier alpha value is -1.87. The lowest BCUT2D eigenvalue weighted by molar-refractivity contribution is 0.810. The quantitative estimate of drug-likeness (QED) is 0.684. The molecular formula is C15H14N2S. The highest BCUT2D eigenvalue weighted by Crippen LogP contribution is 2.19. The zero-order chi connectivity index (χ0) is 12.5. The lowest BCUT2D eigenvalue weighted by Crippen LogP contribution is -1.99. The molecule has 0 aliphatic rings. The number of rotatable bonds is 2. The van der Waals surface area contributed by atoms with Crippen LogP contribution >= 0.6 is 12.2 Å². The fraction of sp³-hybridized carbons (Fsp3) is 0.133. The molecule has 0 unspecified atom stereocenters. The fourth-order valence-electron chi connectivity index (χ4n) is 2.25. The molecule has 1 heterocycles. The number of fused-ring (bicyclic) bond motifs is 1. The molecule has 0 spiro atoms. The van der Waals surface area contributed by atoms with E-state index in [0.717, 1.165) is 16.8 Å². The molecule has 0 bridgehead atoms. The van der Waals surface area contributed by atoms with Crippen LogP contribution in [0.1, 0.15) is 11.1 Å². The molecule has 1 N–H and O–H groups in total. The predicted octanol–water partition coefficient (Wildman–Crippen LogP) is 4.06. The van der Waals surface area contributed by atoms with Crippen LogP contribution in [0.4, 0.5) is 0 Å². The number of nitrogens with zero attached hydrogens (tertiary/aromatic N) is 1. The summed E-state index contributed by atoms with van der Waals surface area (Å²) in [6.45, 7) is 2.91. The van der Waals surface area contributed by atoms with Crippen LogP contribution in [-0.2, 0) is 6.54 Å². The molecule has 3 rings (SSSR count). The number of hydrogen-bond acceptors (Lipinski definition) is 1. The second-order valence-electron chi connectivity index (χ2n) is 4.47. The Bertz CT molecular complexity index is 738. The lowest BCUT2D eigenvalue weighted by atomic mass is 10.2. The monoisotopic (exact) mass is 254 g/mol. The standard InChI is InChI=1S/C15H14N2S/c1-11-6-5-9-13-14(11)16-15(18)17(13)10-12-7-3-2-4-8-12/h2-9H,10H2,1H3,(H,16,18). The number of H-pyrrole nitrogens is 1. The molecule has 18 heavy (non-hydrogen) atoms. The van der Waals surface area contributed by atoms with Gasteiger partial charge in [0.25, 0.3) is 0 Å². The van der Waals surface area contributed by atoms with Crippen molar-refractivity contribution in [2.75, 3.05) is 0 Å². The molecule has 0 saturated carbocycles. The van der Waals surface area contributed by atoms with Crippen molar-refractivity contribution in [2.45, 2.75) is 13.5 Å². The van der Waals surface area contributed by atoms with Crippen molar-refractivity contribution < 1.29 is 0 Å². The maximum atomic E-state index is 5.42. The minimum atomic E-state index is 0.781. The van der Waals surface area contributed by atoms with E-state index in [2.05, 4.69) is 58.9 Å². The molecule has 2 nitrogen and oxygen atoms in total. The van der Waals surface area contributed by atoms with Crippen molar-refractivity contribution in [1.29, 1.82) is 0 Å². The highest BCUT2D eigenvalue weighted by Gasteiger charge is 2.06. The SMILES string of the molecule is Cc1cccc2c1[nH]c(=S)n2Cc1ccccc1. The first-order chi connectivity index (χ1) is 8.75. The molecule has 90 valence electrons. The van der Waals surface area contributed by atoms with E-state index in [0.29, 0.717) is 0 Å². The molecule has 0 amide bonds. The van der Waals surface area contributed by atoms with E-state index in [1.54, 1.807) is 0 Å². The normalized spacial score (nSPS) is 10.9. The van der Waals surface area contributed by atoms with Crippen LogP contribution in [0.2, 0.25) is 0 Å². The summed E-state index contributed by atoms with van der Waals surface area (Å²) in [4.78, 5) is 3.29. The van der Waals surface area contributed by atoms with Gasteiger partial charge in [0, 0.05) is 0 Å². The number of hydrogen-bond donors (Lipinski definition) is 1. The highest BCUT2D eigenvalue weighted by molar-refractivity contribution is 7.71. The minimum Gasteiger partial charge on any atom is -0.330 e. The smallest absolute Gasteiger partial charge is 0.178 e. The number of benzene rings is 2. The Balaban J connectivity index is 2.15. The number of aryl methyl sites for hydroxylation is 1. The second-order valence-corrected chi connectivity index (χ2v) is 4.86. The Labute approximate surface area is 111 Å². The van der Waals surface area contributed by atoms with Gasteiger partial charge in [0.2, 0.25) is 0 Å². The molecule has 3 heteroatoms. The van der Waals surface area contributed by atoms with Gasteiger partial charge in [0.15, 0.2) is 4.77 Å². The van der Waals surface area contributed by atoms with Gasteiger partial charge in [-0.2, -0.15) is 0 Å². The van der Waals surface area contributed by atoms with Crippen molar-refractivity contribution >= 4 is 23.3 Å². The van der Waals surface area contributed by atoms with Crippen molar-refractivity contribution in [1.82, 2.24) is 9.55 Å². The van der Waals surface area contributed by atoms with Gasteiger partial charge in [-0.1, -0.05) is 42.5 Å². The van der Waals surface area contributed by atoms with Gasteiger partial charge in [-0.3, -0.25) is 0 Å². The average Bonchev–Trinajstić information content (AvgIpc) is 2.70. The molecule has 0 atom stereocenters. The minimum absolute atomic E-state index is 0.781. The first-order valence-corrected chi connectivity index (χ1v) is 6.38. The van der Waals surface area contributed by atoms with E-state index >= 15 is 0 Å². The molecular weight excluding hydrogens is 240 g/mol. The molecule has 0 aliphatic carbocycles. The summed E-state index contributed by atoms with van der Waals surface area (Å²) in [5.74, 6) is 0. The van der Waals surface area contributed by atoms with Gasteiger partial charge in [-0.15, -0.1) is 0 Å². The Morgan fingerprint density at radius 1 is 1.06 bits per heavy atom. The summed E-state index contributed by atoms with van der Waals surface area (Å²) in [6, 6.07) is 16.7. The second kappa shape index (κ2) is 4.42. The van der Waals surface area contributed by atoms with Crippen LogP contribution in [0, 0.1) is 11.7 Å². The van der Waals surface area contributed by atoms with E-state index in [4.69, 9.17) is 12.2 Å². The molecule has 0 saturated heterocycles. The van der Waals surface area contributed by atoms with Crippen molar-refractivity contribution in [2.24, 2.45) is 0 Å². The van der Waals surface area contributed by atoms with Gasteiger partial charge in [-0.25, -0.2) is 0 Å². The number of nitrogens with one attached hydrogen (secondary N) is 1. The topological polar surface area (TPSA) is 20.7 Å². The first kappa shape index (κ1) is 11.2. The summed E-state index contributed by atoms with van der Waals surface area (Å²) in [6.07, 6.45) is 0. The number of imidazole rings is 1. The largest absolute Gasteiger partial charge is 0.330 e. The third-order valence-electron chi connectivity index (χ3n) is 3.20. The maximum Gasteiger partial charge on any atom is 0.178 e. The number of aromatic nitrogens is 2. The zero-order valence-corrected chi connectivity index (χ0v) is 11.0. The Kier molecular flexibility index (Phi) is 2.76. The molecule has 0 fully saturated rings. The van der Waals surface area contributed by atoms with Gasteiger partial charge in [0.05, 0.1) is 17.6 Å². The predicted molar refractivity (Wildman–Crippen MR) is 77.4 cm³/mol. The van der Waals surface area contributed by atoms with Crippen molar-refractivity contribution in [3.63, 3.8) is 0 Å². The molecule has 3 aromatic rings. The Morgan fingerprint density at radius 3 is 2.61 bits per heavy atom. The van der Waals surface area contributed by atoms with E-state index in [1.807, 2.05) is 6.07 Å². The Morgan fingerprint density at radius 2 is 1.83 bits per heavy atom. The average molecular weight is 254 g/mol. The summed E-state index contributed by atoms with van der Waals surface area (Å²) in [5.41, 5.74) is 4.80. The zero-order valence-electron chi connectivity index (χ0n) is 10.2. The molecule has 0 radical (unpaired) electrons. The first-order valence-electron chi connectivity index (χ1n) is 5.98. The summed E-state index contributed by atoms with van der Waals surface area (Å²) < 4.78 is 2.93. The van der Waals surface area contributed by atoms with Gasteiger partial charge >= 0.3 is 0 Å². The van der Waals surface area contributed by atoms with Crippen LogP contribution in [0.15, 0.2) is 48.5 Å². The van der Waals surface area contributed by atoms with E-state index in [9.17, 15) is 0 Å². The highest BCUT2D eigenvalue weighted by atomic mass is 32.1. The van der Waals surface area contributed by atoms with Crippen LogP contribution in [0.3, 0.4) is 0 Å². The molecule has 0 aliphatic heterocycles. The van der Waals surface area contributed by atoms with E-state index in [-0.39, 0.29) is 0 Å². The van der Waals surface area contributed by atoms with Gasteiger partial charge < -0.3 is 9.55 Å². The van der Waals surface area contributed by atoms with Gasteiger partial charge in [-0.05, 0) is 36.3 Å². The third-order valence-corrected chi connectivity index (χ3v) is 3.52. The van der Waals surface area contributed by atoms with Crippen molar-refractivity contribution in [3.8, 4) is 0 Å². The van der Waals surface area contributed by atoms with Crippen LogP contribution in [0.5, 0.6) is 0 Å². The summed E-state index contributed by atoms with van der Waals surface area (Å²) in [7, 11) is 0. The number of aromatic amines is 1. The summed E-state index contributed by atoms with van der Waals surface area (Å²) >= 11 is 5.42. The number of para-hydroxylation sites is 1. The van der Waals surface area contributed by atoms with Crippen LogP contribution < -0.4 is 0 Å².